The van der Waals surface area contributed by atoms with Crippen molar-refractivity contribution in [2.24, 2.45) is 0 Å². The van der Waals surface area contributed by atoms with Crippen molar-refractivity contribution in [3.63, 3.8) is 0 Å². The Morgan fingerprint density at radius 3 is 2.57 bits per heavy atom. The summed E-state index contributed by atoms with van der Waals surface area (Å²) in [7, 11) is -4.47. The maximum atomic E-state index is 10.1. The topological polar surface area (TPSA) is 93.8 Å². The zero-order chi connectivity index (χ0) is 9.90. The van der Waals surface area contributed by atoms with E-state index in [1.54, 1.807) is 0 Å². The van der Waals surface area contributed by atoms with Crippen molar-refractivity contribution < 1.29 is 26.4 Å². The third kappa shape index (κ3) is 4.89. The summed E-state index contributed by atoms with van der Waals surface area (Å²) < 4.78 is 37.1. The fourth-order valence-corrected chi connectivity index (χ4v) is 0.933. The summed E-state index contributed by atoms with van der Waals surface area (Å²) in [6, 6.07) is 2.73. The van der Waals surface area contributed by atoms with Crippen molar-refractivity contribution in [2.75, 3.05) is 0 Å². The molecule has 1 aromatic heterocycles. The second-order valence-corrected chi connectivity index (χ2v) is 3.20. The number of furan rings is 1. The second kappa shape index (κ2) is 5.64. The second-order valence-electron chi connectivity index (χ2n) is 2.11. The molecule has 0 aromatic carbocycles. The van der Waals surface area contributed by atoms with Crippen LogP contribution in [-0.4, -0.2) is 48.8 Å². The van der Waals surface area contributed by atoms with E-state index < -0.39 is 17.0 Å². The minimum Gasteiger partial charge on any atom is -0.456 e. The quantitative estimate of drug-likeness (QED) is 0.342. The van der Waals surface area contributed by atoms with Gasteiger partial charge in [-0.15, -0.1) is 0 Å². The predicted octanol–water partition coefficient (Wildman–Crippen LogP) is 0.0307. The minimum atomic E-state index is -4.47. The molecule has 6 nitrogen and oxygen atoms in total. The standard InChI is InChI=1S/C6H6O6S.Na/c7-3-5-1-2-6(12-5)4-11-13(8,9)10;/h1-3H,4H2,(H,8,9,10);/i1+1,2+1,3+1,4+1,5+1,6+1;. The van der Waals surface area contributed by atoms with E-state index in [1.807, 2.05) is 0 Å². The molecule has 0 saturated heterocycles. The van der Waals surface area contributed by atoms with Crippen LogP contribution in [0.25, 0.3) is 0 Å². The van der Waals surface area contributed by atoms with Crippen molar-refractivity contribution in [3.8, 4) is 0 Å². The molecular formula is C6H6NaO6S. The molecule has 1 N–H and O–H groups in total. The van der Waals surface area contributed by atoms with Gasteiger partial charge >= 0.3 is 10.4 Å². The van der Waals surface area contributed by atoms with Crippen LogP contribution < -0.4 is 0 Å². The number of carbonyl (C=O) groups excluding carboxylic acids is 1. The molecule has 0 amide bonds. The van der Waals surface area contributed by atoms with Crippen LogP contribution in [0.5, 0.6) is 0 Å². The normalized spacial score (nSPS) is 10.6. The summed E-state index contributed by atoms with van der Waals surface area (Å²) >= 11 is 0. The van der Waals surface area contributed by atoms with Gasteiger partial charge in [0.15, 0.2) is 12.0 Å². The van der Waals surface area contributed by atoms with Gasteiger partial charge < -0.3 is 4.42 Å². The summed E-state index contributed by atoms with van der Waals surface area (Å²) in [6.45, 7) is -0.438. The molecule has 14 heavy (non-hydrogen) atoms. The molecule has 0 saturated carbocycles. The van der Waals surface area contributed by atoms with E-state index in [4.69, 9.17) is 8.97 Å². The SMILES string of the molecule is O=[13CH][13c]1[13cH][13cH][13c]([13CH2]OS(=O)(=O)O)o1.[Na]. The Balaban J connectivity index is 0.00000169. The van der Waals surface area contributed by atoms with Crippen LogP contribution in [0.1, 0.15) is 16.3 Å². The van der Waals surface area contributed by atoms with E-state index >= 15 is 0 Å². The Hall–Kier alpha value is -0.180. The van der Waals surface area contributed by atoms with Gasteiger partial charge in [0.05, 0.1) is 0 Å². The Bertz CT molecular complexity index is 394. The van der Waals surface area contributed by atoms with Gasteiger partial charge in [0.1, 0.15) is 12.4 Å². The van der Waals surface area contributed by atoms with E-state index in [1.165, 1.54) is 12.1 Å². The van der Waals surface area contributed by atoms with Crippen molar-refractivity contribution in [1.29, 1.82) is 0 Å². The third-order valence-corrected chi connectivity index (χ3v) is 1.56. The Morgan fingerprint density at radius 2 is 2.14 bits per heavy atom. The number of aldehydes is 1. The van der Waals surface area contributed by atoms with Crippen molar-refractivity contribution in [3.05, 3.63) is 23.7 Å². The molecule has 1 radical (unpaired) electrons. The number of rotatable bonds is 4. The van der Waals surface area contributed by atoms with Crippen LogP contribution in [0.2, 0.25) is 0 Å². The first kappa shape index (κ1) is 13.8. The van der Waals surface area contributed by atoms with Crippen LogP contribution in [0.4, 0.5) is 0 Å². The number of carbonyl (C=O) groups is 1. The molecule has 0 spiro atoms. The molecule has 0 aliphatic rings. The van der Waals surface area contributed by atoms with Gasteiger partial charge in [0.25, 0.3) is 0 Å². The summed E-state index contributed by atoms with van der Waals surface area (Å²) in [5.74, 6) is 0.202. The average molecular weight is 235 g/mol. The molecule has 0 aliphatic heterocycles. The number of hydrogen-bond donors (Lipinski definition) is 1. The molecule has 73 valence electrons. The first-order valence-electron chi connectivity index (χ1n) is 3.17. The molecule has 1 heterocycles. The third-order valence-electron chi connectivity index (χ3n) is 1.15. The van der Waals surface area contributed by atoms with Crippen LogP contribution >= 0.6 is 0 Å². The monoisotopic (exact) mass is 235 g/mol. The molecule has 0 fully saturated rings. The fourth-order valence-electron chi connectivity index (χ4n) is 0.668. The predicted molar refractivity (Wildman–Crippen MR) is 46.2 cm³/mol. The van der Waals surface area contributed by atoms with Crippen molar-refractivity contribution >= 4 is 46.2 Å². The maximum Gasteiger partial charge on any atom is 0.397 e. The van der Waals surface area contributed by atoms with Crippen LogP contribution in [0.3, 0.4) is 0 Å². The van der Waals surface area contributed by atoms with E-state index in [2.05, 4.69) is 4.18 Å². The zero-order valence-electron chi connectivity index (χ0n) is 7.34. The Kier molecular flexibility index (Phi) is 5.57. The van der Waals surface area contributed by atoms with E-state index in [9.17, 15) is 13.2 Å². The Morgan fingerprint density at radius 1 is 1.50 bits per heavy atom. The largest absolute Gasteiger partial charge is 0.456 e. The van der Waals surface area contributed by atoms with Crippen LogP contribution in [-0.2, 0) is 21.2 Å². The zero-order valence-corrected chi connectivity index (χ0v) is 10.2. The number of hydrogen-bond acceptors (Lipinski definition) is 5. The van der Waals surface area contributed by atoms with Gasteiger partial charge in [0.2, 0.25) is 0 Å². The molecule has 1 aromatic rings. The molecule has 8 heteroatoms. The van der Waals surface area contributed by atoms with Gasteiger partial charge in [-0.1, -0.05) is 0 Å². The first-order valence-corrected chi connectivity index (χ1v) is 4.53. The van der Waals surface area contributed by atoms with Gasteiger partial charge in [-0.25, -0.2) is 4.18 Å². The van der Waals surface area contributed by atoms with E-state index in [0.29, 0.717) is 6.29 Å². The van der Waals surface area contributed by atoms with Gasteiger partial charge in [-0.3, -0.25) is 9.35 Å². The molecule has 0 bridgehead atoms. The summed E-state index contributed by atoms with van der Waals surface area (Å²) in [5.41, 5.74) is 0. The summed E-state index contributed by atoms with van der Waals surface area (Å²) in [4.78, 5) is 10.1. The Labute approximate surface area is 102 Å². The fraction of sp³-hybridized carbons (Fsp3) is 0.167. The smallest absolute Gasteiger partial charge is 0.397 e. The molecular weight excluding hydrogens is 229 g/mol. The van der Waals surface area contributed by atoms with Gasteiger partial charge in [-0.05, 0) is 12.1 Å². The van der Waals surface area contributed by atoms with Crippen LogP contribution in [0.15, 0.2) is 16.5 Å². The molecule has 0 aliphatic carbocycles. The summed E-state index contributed by atoms with van der Waals surface area (Å²) in [5, 5.41) is 0. The first-order chi connectivity index (χ1) is 6.01. The van der Waals surface area contributed by atoms with Crippen molar-refractivity contribution in [2.45, 2.75) is 6.61 Å². The van der Waals surface area contributed by atoms with Gasteiger partial charge in [0, 0.05) is 29.6 Å². The minimum absolute atomic E-state index is 0. The molecule has 0 unspecified atom stereocenters. The maximum absolute atomic E-state index is 10.1. The molecule has 0 atom stereocenters. The van der Waals surface area contributed by atoms with Crippen LogP contribution in [0, 0.1) is 0 Å². The summed E-state index contributed by atoms with van der Waals surface area (Å²) in [6.07, 6.45) is 0.469. The van der Waals surface area contributed by atoms with Gasteiger partial charge in [-0.2, -0.15) is 8.42 Å². The van der Waals surface area contributed by atoms with Crippen molar-refractivity contribution in [1.82, 2.24) is 0 Å². The molecule has 1 rings (SSSR count). The average Bonchev–Trinajstić information content (AvgIpc) is 2.47. The van der Waals surface area contributed by atoms with E-state index in [0.717, 1.165) is 0 Å². The van der Waals surface area contributed by atoms with E-state index in [-0.39, 0.29) is 41.1 Å².